The number of hydrogen-bond acceptors (Lipinski definition) is 9. The van der Waals surface area contributed by atoms with Gasteiger partial charge in [0, 0.05) is 29.1 Å². The summed E-state index contributed by atoms with van der Waals surface area (Å²) in [6.45, 7) is -2.70. The topological polar surface area (TPSA) is 86.9 Å². The van der Waals surface area contributed by atoms with E-state index in [0.717, 1.165) is 55.0 Å². The van der Waals surface area contributed by atoms with Crippen molar-refractivity contribution in [3.8, 4) is 17.0 Å². The van der Waals surface area contributed by atoms with Crippen LogP contribution >= 0.6 is 11.3 Å². The lowest BCUT2D eigenvalue weighted by Crippen LogP contribution is -2.45. The highest BCUT2D eigenvalue weighted by Gasteiger charge is 2.43. The van der Waals surface area contributed by atoms with Crippen molar-refractivity contribution in [2.75, 3.05) is 12.0 Å². The fourth-order valence-corrected chi connectivity index (χ4v) is 7.46. The van der Waals surface area contributed by atoms with Gasteiger partial charge in [0.1, 0.15) is 22.7 Å². The number of rotatable bonds is 9. The van der Waals surface area contributed by atoms with Crippen LogP contribution in [0.2, 0.25) is 0 Å². The lowest BCUT2D eigenvalue weighted by atomic mass is 10.00. The quantitative estimate of drug-likeness (QED) is 0.189. The number of halogens is 3. The van der Waals surface area contributed by atoms with E-state index in [-0.39, 0.29) is 47.5 Å². The molecule has 3 atom stereocenters. The molecule has 2 aliphatic heterocycles. The first-order chi connectivity index (χ1) is 20.4. The molecule has 2 bridgehead atoms. The Labute approximate surface area is 243 Å². The second-order valence-corrected chi connectivity index (χ2v) is 12.0. The van der Waals surface area contributed by atoms with Gasteiger partial charge in [0.15, 0.2) is 10.9 Å². The second-order valence-electron chi connectivity index (χ2n) is 11.0. The molecule has 8 nitrogen and oxygen atoms in total. The molecule has 2 saturated heterocycles. The zero-order valence-electron chi connectivity index (χ0n) is 22.7. The zero-order chi connectivity index (χ0) is 29.0. The molecule has 220 valence electrons. The molecule has 1 unspecified atom stereocenters. The van der Waals surface area contributed by atoms with Crippen LogP contribution in [0.4, 0.5) is 18.3 Å². The number of benzene rings is 2. The maximum atomic E-state index is 14.8. The molecule has 0 spiro atoms. The SMILES string of the molecule is COC(=O)c1cc(F)c2nc(N3[C@@H]4CC[C@H]3CC(OCc3c(-c5ccccc5OC(F)F)noc3C3CC3)C4)sc2c1. The number of esters is 1. The summed E-state index contributed by atoms with van der Waals surface area (Å²) in [5, 5.41) is 5.01. The molecule has 2 aromatic heterocycles. The summed E-state index contributed by atoms with van der Waals surface area (Å²) in [6.07, 6.45) is 5.44. The van der Waals surface area contributed by atoms with Gasteiger partial charge in [0.05, 0.1) is 30.1 Å². The Morgan fingerprint density at radius 3 is 2.62 bits per heavy atom. The standard InChI is InChI=1S/C30H28F3N3O5S/c1-38-28(37)16-10-22(31)26-24(11-16)42-30(34-26)36-17-8-9-18(36)13-19(12-17)39-14-21-25(35-41-27(21)15-6-7-15)20-4-2-3-5-23(20)40-29(32)33/h2-5,10-11,15,17-19,29H,6-9,12-14H2,1H3/t17-,18+,19?. The number of alkyl halides is 2. The summed E-state index contributed by atoms with van der Waals surface area (Å²) in [6, 6.07) is 9.74. The number of methoxy groups -OCH3 is 1. The van der Waals surface area contributed by atoms with E-state index in [2.05, 4.69) is 15.0 Å². The van der Waals surface area contributed by atoms with E-state index in [9.17, 15) is 18.0 Å². The minimum absolute atomic E-state index is 0.0295. The summed E-state index contributed by atoms with van der Waals surface area (Å²) in [5.41, 5.74) is 2.11. The molecule has 0 amide bonds. The molecule has 4 aromatic rings. The molecule has 2 aromatic carbocycles. The highest BCUT2D eigenvalue weighted by molar-refractivity contribution is 7.22. The van der Waals surface area contributed by atoms with Crippen molar-refractivity contribution < 1.29 is 36.7 Å². The van der Waals surface area contributed by atoms with Crippen molar-refractivity contribution in [1.29, 1.82) is 0 Å². The maximum absolute atomic E-state index is 14.8. The van der Waals surface area contributed by atoms with Crippen molar-refractivity contribution >= 4 is 32.7 Å². The van der Waals surface area contributed by atoms with Crippen LogP contribution in [0.5, 0.6) is 5.75 Å². The normalized spacial score (nSPS) is 21.8. The number of aromatic nitrogens is 2. The van der Waals surface area contributed by atoms with Crippen LogP contribution in [0.3, 0.4) is 0 Å². The molecule has 4 heterocycles. The van der Waals surface area contributed by atoms with E-state index in [4.69, 9.17) is 18.7 Å². The second kappa shape index (κ2) is 10.9. The fraction of sp³-hybridized carbons (Fsp3) is 0.433. The van der Waals surface area contributed by atoms with E-state index in [0.29, 0.717) is 16.0 Å². The highest BCUT2D eigenvalue weighted by atomic mass is 32.1. The van der Waals surface area contributed by atoms with Crippen molar-refractivity contribution in [2.24, 2.45) is 0 Å². The van der Waals surface area contributed by atoms with Gasteiger partial charge in [-0.2, -0.15) is 8.78 Å². The number of fused-ring (bicyclic) bond motifs is 3. The fourth-order valence-electron chi connectivity index (χ4n) is 6.30. The Hall–Kier alpha value is -3.64. The Morgan fingerprint density at radius 2 is 1.90 bits per heavy atom. The molecule has 0 N–H and O–H groups in total. The largest absolute Gasteiger partial charge is 0.465 e. The number of carbonyl (C=O) groups excluding carboxylic acids is 1. The van der Waals surface area contributed by atoms with Gasteiger partial charge >= 0.3 is 12.6 Å². The molecular formula is C30H28F3N3O5S. The molecule has 7 rings (SSSR count). The molecule has 0 radical (unpaired) electrons. The van der Waals surface area contributed by atoms with E-state index < -0.39 is 18.4 Å². The predicted octanol–water partition coefficient (Wildman–Crippen LogP) is 7.07. The van der Waals surface area contributed by atoms with Crippen molar-refractivity contribution in [1.82, 2.24) is 10.1 Å². The number of ether oxygens (including phenoxy) is 3. The van der Waals surface area contributed by atoms with Crippen LogP contribution in [-0.4, -0.2) is 48.0 Å². The lowest BCUT2D eigenvalue weighted by molar-refractivity contribution is -0.0494. The minimum atomic E-state index is -2.96. The van der Waals surface area contributed by atoms with Crippen molar-refractivity contribution in [3.05, 3.63) is 59.1 Å². The number of nitrogens with zero attached hydrogens (tertiary/aromatic N) is 3. The van der Waals surface area contributed by atoms with Gasteiger partial charge in [-0.15, -0.1) is 0 Å². The number of piperidine rings is 1. The molecule has 42 heavy (non-hydrogen) atoms. The van der Waals surface area contributed by atoms with E-state index in [1.54, 1.807) is 24.3 Å². The van der Waals surface area contributed by atoms with E-state index in [1.807, 2.05) is 0 Å². The first-order valence-corrected chi connectivity index (χ1v) is 14.8. The Kier molecular flexibility index (Phi) is 7.05. The third kappa shape index (κ3) is 5.00. The summed E-state index contributed by atoms with van der Waals surface area (Å²) >= 11 is 1.38. The molecule has 12 heteroatoms. The van der Waals surface area contributed by atoms with Crippen LogP contribution in [0.25, 0.3) is 21.5 Å². The van der Waals surface area contributed by atoms with Gasteiger partial charge in [-0.25, -0.2) is 14.2 Å². The van der Waals surface area contributed by atoms with Crippen LogP contribution in [0.15, 0.2) is 40.9 Å². The van der Waals surface area contributed by atoms with Crippen LogP contribution in [0.1, 0.15) is 66.1 Å². The average Bonchev–Trinajstić information content (AvgIpc) is 3.49. The third-order valence-electron chi connectivity index (χ3n) is 8.36. The van der Waals surface area contributed by atoms with Crippen LogP contribution in [-0.2, 0) is 16.1 Å². The van der Waals surface area contributed by atoms with Gasteiger partial charge in [0.2, 0.25) is 0 Å². The first kappa shape index (κ1) is 27.2. The van der Waals surface area contributed by atoms with Crippen LogP contribution in [0, 0.1) is 5.82 Å². The van der Waals surface area contributed by atoms with Crippen LogP contribution < -0.4 is 9.64 Å². The molecule has 3 aliphatic rings. The molecule has 3 fully saturated rings. The number of hydrogen-bond donors (Lipinski definition) is 0. The van der Waals surface area contributed by atoms with Gasteiger partial charge in [-0.1, -0.05) is 28.6 Å². The van der Waals surface area contributed by atoms with Gasteiger partial charge in [0.25, 0.3) is 0 Å². The summed E-state index contributed by atoms with van der Waals surface area (Å²) in [4.78, 5) is 18.9. The number of thiazole rings is 1. The van der Waals surface area contributed by atoms with Gasteiger partial charge in [-0.05, 0) is 62.8 Å². The smallest absolute Gasteiger partial charge is 0.387 e. The molecule has 1 saturated carbocycles. The lowest BCUT2D eigenvalue weighted by Gasteiger charge is -2.38. The van der Waals surface area contributed by atoms with E-state index >= 15 is 0 Å². The van der Waals surface area contributed by atoms with E-state index in [1.165, 1.54) is 30.6 Å². The summed E-state index contributed by atoms with van der Waals surface area (Å²) in [5.74, 6) is -0.0841. The number of carbonyl (C=O) groups is 1. The first-order valence-electron chi connectivity index (χ1n) is 14.0. The zero-order valence-corrected chi connectivity index (χ0v) is 23.5. The number of para-hydroxylation sites is 1. The predicted molar refractivity (Wildman–Crippen MR) is 149 cm³/mol. The van der Waals surface area contributed by atoms with Crippen molar-refractivity contribution in [3.63, 3.8) is 0 Å². The summed E-state index contributed by atoms with van der Waals surface area (Å²) < 4.78 is 63.3. The minimum Gasteiger partial charge on any atom is -0.465 e. The summed E-state index contributed by atoms with van der Waals surface area (Å²) in [7, 11) is 1.27. The Morgan fingerprint density at radius 1 is 1.14 bits per heavy atom. The van der Waals surface area contributed by atoms with Gasteiger partial charge in [-0.3, -0.25) is 0 Å². The monoisotopic (exact) mass is 599 g/mol. The van der Waals surface area contributed by atoms with Gasteiger partial charge < -0.3 is 23.6 Å². The van der Waals surface area contributed by atoms with Crippen molar-refractivity contribution in [2.45, 2.75) is 75.8 Å². The average molecular weight is 600 g/mol. The Balaban J connectivity index is 1.09. The Bertz CT molecular complexity index is 1620. The highest BCUT2D eigenvalue weighted by Crippen LogP contribution is 2.47. The molecular weight excluding hydrogens is 571 g/mol. The molecule has 1 aliphatic carbocycles. The maximum Gasteiger partial charge on any atom is 0.387 e. The third-order valence-corrected chi connectivity index (χ3v) is 9.37. The number of anilines is 1.